The molecule has 2 aromatic carbocycles. The predicted octanol–water partition coefficient (Wildman–Crippen LogP) is 9.22. The SMILES string of the molecule is CCCC(c1cc(C(C)(C)C)c(O)cc1C(C)(C)C)c1cc(C(C)(C)C)c(O)cc1C(C)(C)C. The van der Waals surface area contributed by atoms with E-state index in [1.807, 2.05) is 12.1 Å². The van der Waals surface area contributed by atoms with Gasteiger partial charge in [-0.15, -0.1) is 0 Å². The van der Waals surface area contributed by atoms with Gasteiger partial charge in [0.1, 0.15) is 11.5 Å². The summed E-state index contributed by atoms with van der Waals surface area (Å²) in [5.74, 6) is 0.943. The Morgan fingerprint density at radius 2 is 0.824 bits per heavy atom. The predicted molar refractivity (Wildman–Crippen MR) is 148 cm³/mol. The number of hydrogen-bond acceptors (Lipinski definition) is 2. The summed E-state index contributed by atoms with van der Waals surface area (Å²) in [6.07, 6.45) is 2.06. The molecule has 0 saturated carbocycles. The molecule has 190 valence electrons. The van der Waals surface area contributed by atoms with Gasteiger partial charge in [-0.25, -0.2) is 0 Å². The van der Waals surface area contributed by atoms with Crippen LogP contribution < -0.4 is 0 Å². The summed E-state index contributed by atoms with van der Waals surface area (Å²) in [7, 11) is 0. The van der Waals surface area contributed by atoms with E-state index in [4.69, 9.17) is 0 Å². The van der Waals surface area contributed by atoms with Crippen molar-refractivity contribution in [2.24, 2.45) is 0 Å². The minimum absolute atomic E-state index is 0.110. The molecule has 0 spiro atoms. The average molecular weight is 467 g/mol. The molecule has 0 saturated heterocycles. The lowest BCUT2D eigenvalue weighted by atomic mass is 9.70. The highest BCUT2D eigenvalue weighted by atomic mass is 16.3. The molecular weight excluding hydrogens is 416 g/mol. The molecule has 0 fully saturated rings. The normalized spacial score (nSPS) is 13.6. The third-order valence-corrected chi connectivity index (χ3v) is 6.90. The van der Waals surface area contributed by atoms with Crippen molar-refractivity contribution in [3.63, 3.8) is 0 Å². The molecule has 0 aliphatic rings. The first-order chi connectivity index (χ1) is 15.2. The molecule has 0 aliphatic carbocycles. The van der Waals surface area contributed by atoms with Gasteiger partial charge in [-0.2, -0.15) is 0 Å². The van der Waals surface area contributed by atoms with Crippen molar-refractivity contribution in [3.8, 4) is 11.5 Å². The first kappa shape index (κ1) is 28.3. The van der Waals surface area contributed by atoms with Crippen molar-refractivity contribution >= 4 is 0 Å². The molecule has 2 N–H and O–H groups in total. The molecule has 0 heterocycles. The summed E-state index contributed by atoms with van der Waals surface area (Å²) >= 11 is 0. The van der Waals surface area contributed by atoms with Gasteiger partial charge in [0.05, 0.1) is 0 Å². The minimum Gasteiger partial charge on any atom is -0.508 e. The first-order valence-corrected chi connectivity index (χ1v) is 12.9. The fraction of sp³-hybridized carbons (Fsp3) is 0.625. The van der Waals surface area contributed by atoms with Crippen LogP contribution >= 0.6 is 0 Å². The van der Waals surface area contributed by atoms with Crippen molar-refractivity contribution < 1.29 is 10.2 Å². The second-order valence-electron chi connectivity index (χ2n) is 14.3. The minimum atomic E-state index is -0.162. The van der Waals surface area contributed by atoms with E-state index >= 15 is 0 Å². The Kier molecular flexibility index (Phi) is 7.69. The summed E-state index contributed by atoms with van der Waals surface area (Å²) in [5, 5.41) is 22.1. The highest BCUT2D eigenvalue weighted by Gasteiger charge is 2.33. The second kappa shape index (κ2) is 9.25. The van der Waals surface area contributed by atoms with Gasteiger partial charge in [-0.05, 0) is 73.6 Å². The molecule has 34 heavy (non-hydrogen) atoms. The van der Waals surface area contributed by atoms with Crippen molar-refractivity contribution in [2.75, 3.05) is 0 Å². The maximum Gasteiger partial charge on any atom is 0.119 e. The third-order valence-electron chi connectivity index (χ3n) is 6.90. The summed E-state index contributed by atoms with van der Waals surface area (Å²) in [4.78, 5) is 0. The van der Waals surface area contributed by atoms with E-state index in [1.165, 1.54) is 22.3 Å². The molecule has 0 unspecified atom stereocenters. The van der Waals surface area contributed by atoms with Crippen LogP contribution in [-0.2, 0) is 21.7 Å². The lowest BCUT2D eigenvalue weighted by Gasteiger charge is -2.35. The maximum atomic E-state index is 11.0. The van der Waals surface area contributed by atoms with Crippen LogP contribution in [-0.4, -0.2) is 10.2 Å². The van der Waals surface area contributed by atoms with Crippen molar-refractivity contribution in [3.05, 3.63) is 57.6 Å². The first-order valence-electron chi connectivity index (χ1n) is 12.9. The standard InChI is InChI=1S/C32H50O2/c1-14-15-20(21-16-25(31(8,9)10)27(33)18-23(21)29(2,3)4)22-17-26(32(11,12)13)28(34)19-24(22)30(5,6)7/h16-20,33-34H,14-15H2,1-13H3. The smallest absolute Gasteiger partial charge is 0.119 e. The van der Waals surface area contributed by atoms with Crippen LogP contribution in [0.1, 0.15) is 142 Å². The van der Waals surface area contributed by atoms with E-state index in [1.54, 1.807) is 0 Å². The van der Waals surface area contributed by atoms with Gasteiger partial charge in [0.15, 0.2) is 0 Å². The average Bonchev–Trinajstić information content (AvgIpc) is 2.62. The largest absolute Gasteiger partial charge is 0.508 e. The van der Waals surface area contributed by atoms with Crippen LogP contribution in [0, 0.1) is 0 Å². The van der Waals surface area contributed by atoms with Gasteiger partial charge >= 0.3 is 0 Å². The van der Waals surface area contributed by atoms with Crippen molar-refractivity contribution in [1.82, 2.24) is 0 Å². The van der Waals surface area contributed by atoms with Crippen LogP contribution in [0.3, 0.4) is 0 Å². The van der Waals surface area contributed by atoms with Crippen LogP contribution in [0.5, 0.6) is 11.5 Å². The molecule has 0 bridgehead atoms. The number of rotatable bonds is 4. The quantitative estimate of drug-likeness (QED) is 0.471. The zero-order chi connectivity index (χ0) is 26.4. The van der Waals surface area contributed by atoms with Gasteiger partial charge in [0.25, 0.3) is 0 Å². The van der Waals surface area contributed by atoms with Crippen LogP contribution in [0.25, 0.3) is 0 Å². The molecule has 2 heteroatoms. The second-order valence-corrected chi connectivity index (χ2v) is 14.3. The Balaban J connectivity index is 3.04. The highest BCUT2D eigenvalue weighted by Crippen LogP contribution is 2.47. The van der Waals surface area contributed by atoms with Gasteiger partial charge in [-0.1, -0.05) is 109 Å². The third kappa shape index (κ3) is 5.99. The summed E-state index contributed by atoms with van der Waals surface area (Å²) in [6, 6.07) is 8.57. The molecule has 0 amide bonds. The van der Waals surface area contributed by atoms with E-state index in [2.05, 4.69) is 102 Å². The lowest BCUT2D eigenvalue weighted by Crippen LogP contribution is -2.23. The zero-order valence-corrected chi connectivity index (χ0v) is 24.2. The van der Waals surface area contributed by atoms with Gasteiger partial charge in [0, 0.05) is 5.92 Å². The summed E-state index contributed by atoms with van der Waals surface area (Å²) in [6.45, 7) is 28.6. The van der Waals surface area contributed by atoms with E-state index < -0.39 is 0 Å². The van der Waals surface area contributed by atoms with Crippen LogP contribution in [0.4, 0.5) is 0 Å². The Bertz CT molecular complexity index is 934. The number of aromatic hydroxyl groups is 2. The fourth-order valence-corrected chi connectivity index (χ4v) is 5.05. The van der Waals surface area contributed by atoms with Crippen LogP contribution in [0.15, 0.2) is 24.3 Å². The molecule has 0 aromatic heterocycles. The van der Waals surface area contributed by atoms with E-state index in [9.17, 15) is 10.2 Å². The highest BCUT2D eigenvalue weighted by molar-refractivity contribution is 5.55. The van der Waals surface area contributed by atoms with Gasteiger partial charge in [-0.3, -0.25) is 0 Å². The molecule has 0 aliphatic heterocycles. The van der Waals surface area contributed by atoms with E-state index in [0.717, 1.165) is 24.0 Å². The molecule has 2 nitrogen and oxygen atoms in total. The topological polar surface area (TPSA) is 40.5 Å². The number of benzene rings is 2. The zero-order valence-electron chi connectivity index (χ0n) is 24.2. The number of hydrogen-bond donors (Lipinski definition) is 2. The molecule has 0 atom stereocenters. The number of phenols is 2. The van der Waals surface area contributed by atoms with E-state index in [-0.39, 0.29) is 27.6 Å². The maximum absolute atomic E-state index is 11.0. The van der Waals surface area contributed by atoms with Gasteiger partial charge < -0.3 is 10.2 Å². The van der Waals surface area contributed by atoms with E-state index in [0.29, 0.717) is 11.5 Å². The van der Waals surface area contributed by atoms with Crippen molar-refractivity contribution in [2.45, 2.75) is 130 Å². The molecular formula is C32H50O2. The monoisotopic (exact) mass is 466 g/mol. The van der Waals surface area contributed by atoms with Gasteiger partial charge in [0.2, 0.25) is 0 Å². The Hall–Kier alpha value is -1.96. The molecule has 2 rings (SSSR count). The lowest BCUT2D eigenvalue weighted by molar-refractivity contribution is 0.439. The molecule has 0 radical (unpaired) electrons. The Labute approximate surface area is 209 Å². The summed E-state index contributed by atoms with van der Waals surface area (Å²) in [5.41, 5.74) is 6.42. The Morgan fingerprint density at radius 1 is 0.529 bits per heavy atom. The van der Waals surface area contributed by atoms with Crippen molar-refractivity contribution in [1.29, 1.82) is 0 Å². The summed E-state index contributed by atoms with van der Waals surface area (Å²) < 4.78 is 0. The Morgan fingerprint density at radius 3 is 1.06 bits per heavy atom. The fourth-order valence-electron chi connectivity index (χ4n) is 5.05. The number of phenolic OH excluding ortho intramolecular Hbond substituents is 2. The molecule has 2 aromatic rings. The van der Waals surface area contributed by atoms with Crippen LogP contribution in [0.2, 0.25) is 0 Å².